The topological polar surface area (TPSA) is 119 Å². The van der Waals surface area contributed by atoms with E-state index >= 15 is 0 Å². The van der Waals surface area contributed by atoms with Crippen LogP contribution in [0.25, 0.3) is 0 Å². The summed E-state index contributed by atoms with van der Waals surface area (Å²) >= 11 is 0. The van der Waals surface area contributed by atoms with Crippen LogP contribution in [0.1, 0.15) is 61.7 Å². The normalized spacial score (nSPS) is 12.0. The van der Waals surface area contributed by atoms with Gasteiger partial charge in [-0.05, 0) is 29.0 Å². The molecule has 0 saturated carbocycles. The number of benzene rings is 3. The summed E-state index contributed by atoms with van der Waals surface area (Å²) in [5.74, 6) is 1.30. The van der Waals surface area contributed by atoms with Crippen LogP contribution in [0.4, 0.5) is 0 Å². The van der Waals surface area contributed by atoms with E-state index < -0.39 is 13.8 Å². The fraction of sp³-hybridized carbons (Fsp3) is 0.267. The third kappa shape index (κ3) is 6.39. The summed E-state index contributed by atoms with van der Waals surface area (Å²) < 4.78 is 12.6. The number of nitrogens with zero attached hydrogens (tertiary/aromatic N) is 6. The first-order valence-electron chi connectivity index (χ1n) is 13.3. The van der Waals surface area contributed by atoms with Crippen molar-refractivity contribution >= 4 is 8.25 Å². The fourth-order valence-electron chi connectivity index (χ4n) is 5.17. The van der Waals surface area contributed by atoms with E-state index in [1.54, 1.807) is 12.7 Å². The third-order valence-corrected chi connectivity index (χ3v) is 7.19. The van der Waals surface area contributed by atoms with Crippen LogP contribution in [0.5, 0.6) is 0 Å². The molecule has 0 aliphatic carbocycles. The summed E-state index contributed by atoms with van der Waals surface area (Å²) in [5, 5.41) is 9.68. The van der Waals surface area contributed by atoms with Gasteiger partial charge in [0.2, 0.25) is 0 Å². The zero-order valence-electron chi connectivity index (χ0n) is 22.6. The van der Waals surface area contributed by atoms with Crippen molar-refractivity contribution in [1.29, 1.82) is 0 Å². The lowest BCUT2D eigenvalue weighted by atomic mass is 9.77. The Morgan fingerprint density at radius 3 is 1.68 bits per heavy atom. The summed E-state index contributed by atoms with van der Waals surface area (Å²) in [6, 6.07) is 31.6. The Morgan fingerprint density at radius 1 is 0.800 bits per heavy atom. The average molecular weight is 558 g/mol. The highest BCUT2D eigenvalue weighted by Gasteiger charge is 2.40. The standard InChI is InChI=1S/C30H32N6.HO3P/c1-3-24(4-2)20-28(35-22-31-21-33-35)29-32-23-36(34-29)30(25-14-8-5-9-15-25,26-16-10-6-11-17-26)27-18-12-7-13-19-27;1-4(2)3/h5-19,21-24,28H,3-4,20H2,1-2H3;(H-,1,2,3)/p+1. The molecule has 2 heterocycles. The molecular weight excluding hydrogens is 523 g/mol. The van der Waals surface area contributed by atoms with Gasteiger partial charge in [0, 0.05) is 4.57 Å². The minimum absolute atomic E-state index is 0.0846. The SMILES string of the molecule is CCC(CC)CC(c1ncn(C(c2ccccc2)(c2ccccc2)c2ccccc2)n1)n1cncn1.O=[P+](O)O. The van der Waals surface area contributed by atoms with Crippen LogP contribution in [-0.2, 0) is 10.1 Å². The predicted octanol–water partition coefficient (Wildman–Crippen LogP) is 5.75. The number of hydrogen-bond acceptors (Lipinski definition) is 5. The molecule has 0 bridgehead atoms. The lowest BCUT2D eigenvalue weighted by Gasteiger charge is -2.36. The van der Waals surface area contributed by atoms with E-state index in [-0.39, 0.29) is 6.04 Å². The molecule has 206 valence electrons. The zero-order chi connectivity index (χ0) is 28.4. The molecule has 2 aromatic heterocycles. The van der Waals surface area contributed by atoms with Crippen molar-refractivity contribution < 1.29 is 14.4 Å². The van der Waals surface area contributed by atoms with E-state index in [9.17, 15) is 0 Å². The van der Waals surface area contributed by atoms with Crippen molar-refractivity contribution in [2.24, 2.45) is 5.92 Å². The molecule has 0 radical (unpaired) electrons. The molecule has 9 nitrogen and oxygen atoms in total. The second-order valence-electron chi connectivity index (χ2n) is 9.42. The van der Waals surface area contributed by atoms with Crippen molar-refractivity contribution in [3.05, 3.63) is 132 Å². The number of aromatic nitrogens is 6. The summed E-state index contributed by atoms with van der Waals surface area (Å²) in [6.07, 6.45) is 8.34. The van der Waals surface area contributed by atoms with Crippen molar-refractivity contribution in [2.75, 3.05) is 0 Å². The smallest absolute Gasteiger partial charge is 0.242 e. The summed E-state index contributed by atoms with van der Waals surface area (Å²) in [6.45, 7) is 4.48. The first kappa shape index (κ1) is 29.0. The first-order chi connectivity index (χ1) is 19.5. The summed E-state index contributed by atoms with van der Waals surface area (Å²) in [4.78, 5) is 23.4. The Hall–Kier alpha value is -4.04. The molecule has 10 heteroatoms. The van der Waals surface area contributed by atoms with Crippen LogP contribution in [0.2, 0.25) is 0 Å². The summed E-state index contributed by atoms with van der Waals surface area (Å²) in [7, 11) is -2.87. The minimum atomic E-state index is -2.87. The van der Waals surface area contributed by atoms with Gasteiger partial charge >= 0.3 is 8.25 Å². The van der Waals surface area contributed by atoms with E-state index in [4.69, 9.17) is 24.4 Å². The highest BCUT2D eigenvalue weighted by molar-refractivity contribution is 7.30. The molecule has 0 fully saturated rings. The quantitative estimate of drug-likeness (QED) is 0.166. The molecule has 5 rings (SSSR count). The maximum absolute atomic E-state index is 8.70. The van der Waals surface area contributed by atoms with E-state index in [2.05, 4.69) is 96.7 Å². The summed E-state index contributed by atoms with van der Waals surface area (Å²) in [5.41, 5.74) is 2.68. The van der Waals surface area contributed by atoms with Gasteiger partial charge in [-0.3, -0.25) is 0 Å². The zero-order valence-corrected chi connectivity index (χ0v) is 23.5. The lowest BCUT2D eigenvalue weighted by Crippen LogP contribution is -2.38. The fourth-order valence-corrected chi connectivity index (χ4v) is 5.17. The number of rotatable bonds is 10. The highest BCUT2D eigenvalue weighted by atomic mass is 31.1. The molecule has 0 spiro atoms. The molecule has 1 atom stereocenters. The largest absolute Gasteiger partial charge is 0.692 e. The molecule has 0 aliphatic heterocycles. The Bertz CT molecular complexity index is 1340. The lowest BCUT2D eigenvalue weighted by molar-refractivity contribution is 0.350. The first-order valence-corrected chi connectivity index (χ1v) is 14.4. The van der Waals surface area contributed by atoms with Gasteiger partial charge in [-0.15, -0.1) is 9.79 Å². The molecule has 2 N–H and O–H groups in total. The average Bonchev–Trinajstić information content (AvgIpc) is 3.70. The van der Waals surface area contributed by atoms with E-state index in [1.165, 1.54) is 0 Å². The van der Waals surface area contributed by atoms with Crippen molar-refractivity contribution in [3.8, 4) is 0 Å². The molecule has 3 aromatic carbocycles. The second kappa shape index (κ2) is 13.8. The molecule has 0 amide bonds. The third-order valence-electron chi connectivity index (χ3n) is 7.19. The van der Waals surface area contributed by atoms with Gasteiger partial charge < -0.3 is 0 Å². The molecule has 0 aliphatic rings. The second-order valence-corrected chi connectivity index (χ2v) is 9.92. The van der Waals surface area contributed by atoms with E-state index in [0.29, 0.717) is 5.92 Å². The Kier molecular flexibility index (Phi) is 10.0. The molecular formula is C30H34N6O3P+. The Morgan fingerprint density at radius 2 is 1.27 bits per heavy atom. The number of hydrogen-bond donors (Lipinski definition) is 2. The van der Waals surface area contributed by atoms with Gasteiger partial charge in [-0.25, -0.2) is 19.3 Å². The monoisotopic (exact) mass is 557 g/mol. The molecule has 0 saturated heterocycles. The van der Waals surface area contributed by atoms with Crippen LogP contribution in [-0.4, -0.2) is 39.3 Å². The highest BCUT2D eigenvalue weighted by Crippen LogP contribution is 2.40. The van der Waals surface area contributed by atoms with Crippen LogP contribution < -0.4 is 0 Å². The van der Waals surface area contributed by atoms with Gasteiger partial charge in [0.1, 0.15) is 30.6 Å². The van der Waals surface area contributed by atoms with E-state index in [0.717, 1.165) is 41.8 Å². The molecule has 5 aromatic rings. The minimum Gasteiger partial charge on any atom is -0.242 e. The maximum atomic E-state index is 8.70. The Balaban J connectivity index is 0.000000867. The van der Waals surface area contributed by atoms with Crippen molar-refractivity contribution in [1.82, 2.24) is 29.5 Å². The Labute approximate surface area is 235 Å². The predicted molar refractivity (Wildman–Crippen MR) is 154 cm³/mol. The van der Waals surface area contributed by atoms with Crippen molar-refractivity contribution in [3.63, 3.8) is 0 Å². The van der Waals surface area contributed by atoms with Gasteiger partial charge in [-0.2, -0.15) is 10.2 Å². The van der Waals surface area contributed by atoms with Crippen LogP contribution in [0.15, 0.2) is 110 Å². The maximum Gasteiger partial charge on any atom is 0.692 e. The van der Waals surface area contributed by atoms with Crippen molar-refractivity contribution in [2.45, 2.75) is 44.7 Å². The molecule has 40 heavy (non-hydrogen) atoms. The van der Waals surface area contributed by atoms with Crippen LogP contribution >= 0.6 is 8.25 Å². The van der Waals surface area contributed by atoms with Crippen LogP contribution in [0.3, 0.4) is 0 Å². The van der Waals surface area contributed by atoms with E-state index in [1.807, 2.05) is 33.9 Å². The van der Waals surface area contributed by atoms with Gasteiger partial charge in [0.05, 0.1) is 0 Å². The van der Waals surface area contributed by atoms with Gasteiger partial charge in [-0.1, -0.05) is 118 Å². The van der Waals surface area contributed by atoms with Gasteiger partial charge in [0.15, 0.2) is 5.82 Å². The van der Waals surface area contributed by atoms with Crippen LogP contribution in [0, 0.1) is 5.92 Å². The van der Waals surface area contributed by atoms with Gasteiger partial charge in [0.25, 0.3) is 0 Å². The molecule has 1 unspecified atom stereocenters.